The highest BCUT2D eigenvalue weighted by Gasteiger charge is 2.05. The monoisotopic (exact) mass is 220 g/mol. The first-order valence-electron chi connectivity index (χ1n) is 4.00. The molecule has 0 heterocycles. The van der Waals surface area contributed by atoms with Crippen molar-refractivity contribution < 1.29 is 4.79 Å². The van der Waals surface area contributed by atoms with E-state index in [1.807, 2.05) is 20.8 Å². The van der Waals surface area contributed by atoms with E-state index in [1.54, 1.807) is 0 Å². The van der Waals surface area contributed by atoms with E-state index in [9.17, 15) is 4.79 Å². The summed E-state index contributed by atoms with van der Waals surface area (Å²) in [7, 11) is 0. The van der Waals surface area contributed by atoms with Gasteiger partial charge in [-0.3, -0.25) is 0 Å². The first kappa shape index (κ1) is 13.5. The molecule has 0 aliphatic carbocycles. The summed E-state index contributed by atoms with van der Waals surface area (Å²) >= 11 is 3.25. The van der Waals surface area contributed by atoms with Crippen molar-refractivity contribution >= 4 is 22.2 Å². The zero-order chi connectivity index (χ0) is 9.28. The topological polar surface area (TPSA) is 17.1 Å². The lowest BCUT2D eigenvalue weighted by Gasteiger charge is -2.07. The summed E-state index contributed by atoms with van der Waals surface area (Å²) in [6, 6.07) is 0. The van der Waals surface area contributed by atoms with Gasteiger partial charge in [0.15, 0.2) is 0 Å². The molecule has 0 spiro atoms. The summed E-state index contributed by atoms with van der Waals surface area (Å²) in [6.45, 7) is 9.74. The second-order valence-corrected chi connectivity index (χ2v) is 2.97. The molecule has 0 fully saturated rings. The second kappa shape index (κ2) is 9.89. The van der Waals surface area contributed by atoms with Crippen molar-refractivity contribution in [3.05, 3.63) is 11.1 Å². The van der Waals surface area contributed by atoms with Crippen molar-refractivity contribution in [1.29, 1.82) is 0 Å². The molecule has 0 aliphatic rings. The zero-order valence-electron chi connectivity index (χ0n) is 7.56. The zero-order valence-corrected chi connectivity index (χ0v) is 9.15. The predicted molar refractivity (Wildman–Crippen MR) is 53.9 cm³/mol. The van der Waals surface area contributed by atoms with Crippen LogP contribution >= 0.6 is 15.9 Å². The molecule has 2 heteroatoms. The Kier molecular flexibility index (Phi) is 12.1. The highest BCUT2D eigenvalue weighted by atomic mass is 79.9. The van der Waals surface area contributed by atoms with Crippen LogP contribution in [0.25, 0.3) is 0 Å². The van der Waals surface area contributed by atoms with E-state index < -0.39 is 0 Å². The van der Waals surface area contributed by atoms with Gasteiger partial charge in [0.05, 0.1) is 0 Å². The molecule has 0 N–H and O–H groups in total. The van der Waals surface area contributed by atoms with Gasteiger partial charge in [0, 0.05) is 6.42 Å². The number of rotatable bonds is 4. The summed E-state index contributed by atoms with van der Waals surface area (Å²) in [5, 5.41) is 0. The smallest absolute Gasteiger partial charge is 0.120 e. The van der Waals surface area contributed by atoms with Crippen LogP contribution in [0.1, 0.15) is 33.6 Å². The average Bonchev–Trinajstić information content (AvgIpc) is 2.03. The summed E-state index contributed by atoms with van der Waals surface area (Å²) in [5.41, 5.74) is 0. The van der Waals surface area contributed by atoms with Crippen molar-refractivity contribution in [3.8, 4) is 0 Å². The van der Waals surface area contributed by atoms with E-state index in [0.29, 0.717) is 12.3 Å². The Bertz CT molecular complexity index is 110. The van der Waals surface area contributed by atoms with Crippen molar-refractivity contribution in [2.24, 2.45) is 5.92 Å². The molecule has 0 aliphatic heterocycles. The van der Waals surface area contributed by atoms with Crippen LogP contribution in [-0.2, 0) is 4.79 Å². The van der Waals surface area contributed by atoms with Gasteiger partial charge in [0.2, 0.25) is 0 Å². The third-order valence-corrected chi connectivity index (χ3v) is 1.96. The molecule has 0 bridgehead atoms. The van der Waals surface area contributed by atoms with Gasteiger partial charge in [-0.25, -0.2) is 0 Å². The van der Waals surface area contributed by atoms with Gasteiger partial charge in [-0.1, -0.05) is 43.3 Å². The Morgan fingerprint density at radius 2 is 2.09 bits per heavy atom. The molecule has 0 saturated carbocycles. The van der Waals surface area contributed by atoms with Crippen LogP contribution in [0.15, 0.2) is 11.1 Å². The third-order valence-electron chi connectivity index (χ3n) is 1.32. The number of carbonyl (C=O) groups excluding carboxylic acids is 1. The number of hydrogen-bond acceptors (Lipinski definition) is 1. The molecule has 1 atom stereocenters. The van der Waals surface area contributed by atoms with Crippen LogP contribution in [0.2, 0.25) is 0 Å². The van der Waals surface area contributed by atoms with E-state index >= 15 is 0 Å². The quantitative estimate of drug-likeness (QED) is 0.663. The fourth-order valence-electron chi connectivity index (χ4n) is 0.632. The van der Waals surface area contributed by atoms with Crippen LogP contribution in [-0.4, -0.2) is 6.29 Å². The van der Waals surface area contributed by atoms with Crippen molar-refractivity contribution in [1.82, 2.24) is 0 Å². The maximum Gasteiger partial charge on any atom is 0.120 e. The van der Waals surface area contributed by atoms with E-state index in [0.717, 1.165) is 17.2 Å². The molecular weight excluding hydrogens is 204 g/mol. The highest BCUT2D eigenvalue weighted by Crippen LogP contribution is 2.20. The Hall–Kier alpha value is -0.110. The lowest BCUT2D eigenvalue weighted by Crippen LogP contribution is -1.97. The van der Waals surface area contributed by atoms with Gasteiger partial charge >= 0.3 is 0 Å². The fraction of sp³-hybridized carbons (Fsp3) is 0.667. The first-order valence-corrected chi connectivity index (χ1v) is 4.79. The van der Waals surface area contributed by atoms with Crippen LogP contribution in [0.5, 0.6) is 0 Å². The maximum absolute atomic E-state index is 10.0. The van der Waals surface area contributed by atoms with E-state index in [4.69, 9.17) is 0 Å². The SMILES string of the molecule is C=C(Br)[C@@H](CC)CC=O.CC. The molecule has 0 unspecified atom stereocenters. The van der Waals surface area contributed by atoms with Gasteiger partial charge in [-0.15, -0.1) is 0 Å². The van der Waals surface area contributed by atoms with Crippen LogP contribution < -0.4 is 0 Å². The Morgan fingerprint density at radius 1 is 1.64 bits per heavy atom. The molecule has 0 radical (unpaired) electrons. The number of hydrogen-bond donors (Lipinski definition) is 0. The van der Waals surface area contributed by atoms with Crippen molar-refractivity contribution in [2.75, 3.05) is 0 Å². The molecule has 0 aromatic rings. The average molecular weight is 221 g/mol. The Balaban J connectivity index is 0. The van der Waals surface area contributed by atoms with Gasteiger partial charge in [0.25, 0.3) is 0 Å². The molecule has 1 nitrogen and oxygen atoms in total. The number of aldehydes is 1. The lowest BCUT2D eigenvalue weighted by atomic mass is 10.0. The lowest BCUT2D eigenvalue weighted by molar-refractivity contribution is -0.108. The molecular formula is C9H17BrO. The molecule has 11 heavy (non-hydrogen) atoms. The number of carbonyl (C=O) groups is 1. The molecule has 0 aromatic carbocycles. The molecule has 0 rings (SSSR count). The summed E-state index contributed by atoms with van der Waals surface area (Å²) in [6.07, 6.45) is 2.49. The normalized spacial score (nSPS) is 10.9. The van der Waals surface area contributed by atoms with Gasteiger partial charge in [-0.05, 0) is 16.8 Å². The van der Waals surface area contributed by atoms with Crippen LogP contribution in [0.4, 0.5) is 0 Å². The maximum atomic E-state index is 10.0. The van der Waals surface area contributed by atoms with E-state index in [-0.39, 0.29) is 0 Å². The van der Waals surface area contributed by atoms with Crippen LogP contribution in [0, 0.1) is 5.92 Å². The minimum Gasteiger partial charge on any atom is -0.303 e. The Morgan fingerprint density at radius 3 is 2.18 bits per heavy atom. The third kappa shape index (κ3) is 7.79. The van der Waals surface area contributed by atoms with Gasteiger partial charge in [-0.2, -0.15) is 0 Å². The summed E-state index contributed by atoms with van der Waals surface area (Å²) < 4.78 is 0.928. The molecule has 66 valence electrons. The molecule has 0 saturated heterocycles. The van der Waals surface area contributed by atoms with Gasteiger partial charge in [0.1, 0.15) is 6.29 Å². The minimum absolute atomic E-state index is 0.322. The standard InChI is InChI=1S/C7H11BrO.C2H6/c1-3-7(4-5-9)6(2)8;1-2/h5,7H,2-4H2,1H3;1-2H3/t7-;/m0./s1. The van der Waals surface area contributed by atoms with Crippen molar-refractivity contribution in [3.63, 3.8) is 0 Å². The number of halogens is 1. The van der Waals surface area contributed by atoms with Gasteiger partial charge < -0.3 is 4.79 Å². The van der Waals surface area contributed by atoms with Crippen molar-refractivity contribution in [2.45, 2.75) is 33.6 Å². The van der Waals surface area contributed by atoms with E-state index in [2.05, 4.69) is 22.5 Å². The predicted octanol–water partition coefficient (Wildman–Crippen LogP) is 3.54. The second-order valence-electron chi connectivity index (χ2n) is 1.95. The molecule has 0 aromatic heterocycles. The highest BCUT2D eigenvalue weighted by molar-refractivity contribution is 9.11. The fourth-order valence-corrected chi connectivity index (χ4v) is 1.14. The van der Waals surface area contributed by atoms with E-state index in [1.165, 1.54) is 0 Å². The number of allylic oxidation sites excluding steroid dienone is 1. The molecule has 0 amide bonds. The Labute approximate surface area is 78.0 Å². The minimum atomic E-state index is 0.322. The largest absolute Gasteiger partial charge is 0.303 e. The summed E-state index contributed by atoms with van der Waals surface area (Å²) in [4.78, 5) is 10.0. The summed E-state index contributed by atoms with van der Waals surface area (Å²) in [5.74, 6) is 0.322. The van der Waals surface area contributed by atoms with Crippen LogP contribution in [0.3, 0.4) is 0 Å². The first-order chi connectivity index (χ1) is 5.22.